The molecule has 0 amide bonds. The highest BCUT2D eigenvalue weighted by Crippen LogP contribution is 2.29. The first kappa shape index (κ1) is 12.4. The molecule has 6 heteroatoms. The predicted molar refractivity (Wildman–Crippen MR) is 69.7 cm³/mol. The topological polar surface area (TPSA) is 52.8 Å². The van der Waals surface area contributed by atoms with Gasteiger partial charge in [-0.05, 0) is 18.6 Å². The standard InChI is InChI=1S/C13H13ClN2O3/c1-18-13(17)10-4-2-3-9-11(14)15-12(16(9)10)8-5-6-19-7-8/h2-4,8H,5-7H2,1H3. The van der Waals surface area contributed by atoms with E-state index in [1.54, 1.807) is 16.5 Å². The maximum Gasteiger partial charge on any atom is 0.355 e. The molecule has 1 saturated heterocycles. The zero-order valence-electron chi connectivity index (χ0n) is 10.4. The second kappa shape index (κ2) is 4.83. The van der Waals surface area contributed by atoms with Gasteiger partial charge in [-0.3, -0.25) is 4.40 Å². The van der Waals surface area contributed by atoms with Crippen LogP contribution in [-0.4, -0.2) is 35.7 Å². The molecule has 2 aromatic rings. The molecule has 3 rings (SSSR count). The number of pyridine rings is 1. The summed E-state index contributed by atoms with van der Waals surface area (Å²) in [5, 5.41) is 0.396. The number of methoxy groups -OCH3 is 1. The highest BCUT2D eigenvalue weighted by molar-refractivity contribution is 6.32. The van der Waals surface area contributed by atoms with Crippen molar-refractivity contribution in [2.24, 2.45) is 0 Å². The molecule has 0 saturated carbocycles. The summed E-state index contributed by atoms with van der Waals surface area (Å²) in [5.74, 6) is 0.518. The van der Waals surface area contributed by atoms with Crippen LogP contribution in [0, 0.1) is 0 Å². The van der Waals surface area contributed by atoms with Gasteiger partial charge in [-0.2, -0.15) is 0 Å². The number of fused-ring (bicyclic) bond motifs is 1. The Labute approximate surface area is 115 Å². The van der Waals surface area contributed by atoms with Crippen LogP contribution in [0.2, 0.25) is 5.15 Å². The molecular formula is C13H13ClN2O3. The SMILES string of the molecule is COC(=O)c1cccc2c(Cl)nc(C3CCOC3)n12. The molecule has 0 aliphatic carbocycles. The van der Waals surface area contributed by atoms with E-state index in [0.717, 1.165) is 12.2 Å². The Morgan fingerprint density at radius 2 is 2.42 bits per heavy atom. The Morgan fingerprint density at radius 1 is 1.58 bits per heavy atom. The molecule has 19 heavy (non-hydrogen) atoms. The normalized spacial score (nSPS) is 18.9. The second-order valence-electron chi connectivity index (χ2n) is 4.44. The minimum Gasteiger partial charge on any atom is -0.464 e. The van der Waals surface area contributed by atoms with Crippen molar-refractivity contribution in [2.75, 3.05) is 20.3 Å². The number of hydrogen-bond acceptors (Lipinski definition) is 4. The van der Waals surface area contributed by atoms with Crippen LogP contribution in [0.4, 0.5) is 0 Å². The molecule has 3 heterocycles. The van der Waals surface area contributed by atoms with E-state index in [1.165, 1.54) is 7.11 Å². The number of nitrogens with zero attached hydrogens (tertiary/aromatic N) is 2. The van der Waals surface area contributed by atoms with E-state index in [1.807, 2.05) is 6.07 Å². The van der Waals surface area contributed by atoms with E-state index in [0.29, 0.717) is 29.6 Å². The van der Waals surface area contributed by atoms with E-state index in [9.17, 15) is 4.79 Å². The van der Waals surface area contributed by atoms with E-state index >= 15 is 0 Å². The third-order valence-electron chi connectivity index (χ3n) is 3.33. The van der Waals surface area contributed by atoms with Gasteiger partial charge in [0, 0.05) is 12.5 Å². The van der Waals surface area contributed by atoms with E-state index in [-0.39, 0.29) is 5.92 Å². The summed E-state index contributed by atoms with van der Waals surface area (Å²) >= 11 is 6.15. The van der Waals surface area contributed by atoms with Crippen molar-refractivity contribution in [1.82, 2.24) is 9.38 Å². The van der Waals surface area contributed by atoms with Gasteiger partial charge in [0.15, 0.2) is 5.15 Å². The first-order valence-electron chi connectivity index (χ1n) is 6.05. The number of carbonyl (C=O) groups excluding carboxylic acids is 1. The third-order valence-corrected chi connectivity index (χ3v) is 3.61. The smallest absolute Gasteiger partial charge is 0.355 e. The van der Waals surface area contributed by atoms with Gasteiger partial charge in [-0.1, -0.05) is 17.7 Å². The molecule has 0 aromatic carbocycles. The Morgan fingerprint density at radius 3 is 3.11 bits per heavy atom. The number of ether oxygens (including phenoxy) is 2. The fourth-order valence-electron chi connectivity index (χ4n) is 2.40. The number of halogens is 1. The molecule has 1 aliphatic heterocycles. The van der Waals surface area contributed by atoms with Crippen LogP contribution in [0.15, 0.2) is 18.2 Å². The number of carbonyl (C=O) groups is 1. The lowest BCUT2D eigenvalue weighted by molar-refractivity contribution is 0.0591. The molecule has 0 N–H and O–H groups in total. The summed E-state index contributed by atoms with van der Waals surface area (Å²) < 4.78 is 12.0. The van der Waals surface area contributed by atoms with Crippen LogP contribution in [0.3, 0.4) is 0 Å². The molecule has 5 nitrogen and oxygen atoms in total. The first-order chi connectivity index (χ1) is 9.22. The number of aromatic nitrogens is 2. The number of rotatable bonds is 2. The zero-order valence-corrected chi connectivity index (χ0v) is 11.2. The number of imidazole rings is 1. The van der Waals surface area contributed by atoms with Crippen LogP contribution in [0.5, 0.6) is 0 Å². The highest BCUT2D eigenvalue weighted by atomic mass is 35.5. The average molecular weight is 281 g/mol. The lowest BCUT2D eigenvalue weighted by Crippen LogP contribution is -2.12. The van der Waals surface area contributed by atoms with E-state index in [2.05, 4.69) is 4.98 Å². The molecule has 1 unspecified atom stereocenters. The van der Waals surface area contributed by atoms with Gasteiger partial charge in [-0.25, -0.2) is 9.78 Å². The Hall–Kier alpha value is -1.59. The summed E-state index contributed by atoms with van der Waals surface area (Å²) in [6.45, 7) is 1.31. The van der Waals surface area contributed by atoms with Crippen LogP contribution in [0.1, 0.15) is 28.7 Å². The monoisotopic (exact) mass is 280 g/mol. The molecule has 1 atom stereocenters. The van der Waals surface area contributed by atoms with Crippen molar-refractivity contribution in [3.8, 4) is 0 Å². The molecule has 2 aromatic heterocycles. The highest BCUT2D eigenvalue weighted by Gasteiger charge is 2.26. The lowest BCUT2D eigenvalue weighted by Gasteiger charge is -2.10. The average Bonchev–Trinajstić information content (AvgIpc) is 3.06. The van der Waals surface area contributed by atoms with Crippen LogP contribution < -0.4 is 0 Å². The van der Waals surface area contributed by atoms with Gasteiger partial charge in [-0.15, -0.1) is 0 Å². The lowest BCUT2D eigenvalue weighted by atomic mass is 10.1. The van der Waals surface area contributed by atoms with Crippen molar-refractivity contribution < 1.29 is 14.3 Å². The van der Waals surface area contributed by atoms with Gasteiger partial charge in [0.05, 0.1) is 19.2 Å². The summed E-state index contributed by atoms with van der Waals surface area (Å²) in [4.78, 5) is 16.2. The van der Waals surface area contributed by atoms with Gasteiger partial charge < -0.3 is 9.47 Å². The largest absolute Gasteiger partial charge is 0.464 e. The Bertz CT molecular complexity index is 632. The molecular weight excluding hydrogens is 268 g/mol. The minimum absolute atomic E-state index is 0.158. The molecule has 0 radical (unpaired) electrons. The zero-order chi connectivity index (χ0) is 13.4. The van der Waals surface area contributed by atoms with Crippen LogP contribution in [-0.2, 0) is 9.47 Å². The molecule has 0 bridgehead atoms. The van der Waals surface area contributed by atoms with Gasteiger partial charge in [0.25, 0.3) is 0 Å². The first-order valence-corrected chi connectivity index (χ1v) is 6.43. The quantitative estimate of drug-likeness (QED) is 0.792. The van der Waals surface area contributed by atoms with Crippen LogP contribution >= 0.6 is 11.6 Å². The number of hydrogen-bond donors (Lipinski definition) is 0. The fraction of sp³-hybridized carbons (Fsp3) is 0.385. The molecule has 1 fully saturated rings. The Balaban J connectivity index is 2.24. The maximum absolute atomic E-state index is 11.9. The summed E-state index contributed by atoms with van der Waals surface area (Å²) in [6, 6.07) is 5.31. The fourth-order valence-corrected chi connectivity index (χ4v) is 2.63. The molecule has 100 valence electrons. The van der Waals surface area contributed by atoms with Crippen molar-refractivity contribution in [2.45, 2.75) is 12.3 Å². The predicted octanol–water partition coefficient (Wildman–Crippen LogP) is 2.28. The summed E-state index contributed by atoms with van der Waals surface area (Å²) in [7, 11) is 1.36. The summed E-state index contributed by atoms with van der Waals surface area (Å²) in [6.07, 6.45) is 0.880. The van der Waals surface area contributed by atoms with Crippen molar-refractivity contribution >= 4 is 23.1 Å². The van der Waals surface area contributed by atoms with Crippen molar-refractivity contribution in [1.29, 1.82) is 0 Å². The minimum atomic E-state index is -0.403. The summed E-state index contributed by atoms with van der Waals surface area (Å²) in [5.41, 5.74) is 1.15. The van der Waals surface area contributed by atoms with Gasteiger partial charge in [0.1, 0.15) is 11.5 Å². The molecule has 0 spiro atoms. The van der Waals surface area contributed by atoms with Gasteiger partial charge in [0.2, 0.25) is 0 Å². The van der Waals surface area contributed by atoms with Crippen molar-refractivity contribution in [3.63, 3.8) is 0 Å². The van der Waals surface area contributed by atoms with E-state index in [4.69, 9.17) is 21.1 Å². The van der Waals surface area contributed by atoms with Gasteiger partial charge >= 0.3 is 5.97 Å². The van der Waals surface area contributed by atoms with E-state index < -0.39 is 5.97 Å². The van der Waals surface area contributed by atoms with Crippen molar-refractivity contribution in [3.05, 3.63) is 34.9 Å². The molecule has 1 aliphatic rings. The number of esters is 1. The maximum atomic E-state index is 11.9. The third kappa shape index (κ3) is 1.99. The Kier molecular flexibility index (Phi) is 3.16. The van der Waals surface area contributed by atoms with Crippen LogP contribution in [0.25, 0.3) is 5.52 Å². The second-order valence-corrected chi connectivity index (χ2v) is 4.80.